The molecule has 0 aliphatic rings. The van der Waals surface area contributed by atoms with Crippen LogP contribution in [0.4, 0.5) is 0 Å². The smallest absolute Gasteiger partial charge is 0.233 e. The monoisotopic (exact) mass is 394 g/mol. The summed E-state index contributed by atoms with van der Waals surface area (Å²) in [5, 5.41) is 9.63. The summed E-state index contributed by atoms with van der Waals surface area (Å²) in [5.41, 5.74) is 3.38. The van der Waals surface area contributed by atoms with Crippen molar-refractivity contribution in [3.63, 3.8) is 0 Å². The number of carbonyl (C=O) groups is 1. The number of carbonyl (C=O) groups excluding carboxylic acids is 1. The van der Waals surface area contributed by atoms with E-state index in [1.165, 1.54) is 17.3 Å². The van der Waals surface area contributed by atoms with Gasteiger partial charge >= 0.3 is 0 Å². The van der Waals surface area contributed by atoms with Crippen molar-refractivity contribution >= 4 is 17.7 Å². The van der Waals surface area contributed by atoms with Crippen LogP contribution in [-0.2, 0) is 11.2 Å². The van der Waals surface area contributed by atoms with Crippen LogP contribution in [0.2, 0.25) is 0 Å². The molecule has 0 radical (unpaired) electrons. The van der Waals surface area contributed by atoms with Gasteiger partial charge in [-0.05, 0) is 38.0 Å². The second kappa shape index (κ2) is 9.55. The SMILES string of the molecule is CCN(CC)C(=O)CSc1nnc(Cc2ccccc2)n1-c1ccccc1C. The van der Waals surface area contributed by atoms with E-state index in [9.17, 15) is 4.79 Å². The average Bonchev–Trinajstić information content (AvgIpc) is 3.10. The fourth-order valence-corrected chi connectivity index (χ4v) is 4.00. The van der Waals surface area contributed by atoms with E-state index < -0.39 is 0 Å². The van der Waals surface area contributed by atoms with Crippen molar-refractivity contribution in [2.24, 2.45) is 0 Å². The molecule has 0 bridgehead atoms. The first kappa shape index (κ1) is 20.1. The number of aryl methyl sites for hydroxylation is 1. The van der Waals surface area contributed by atoms with Crippen molar-refractivity contribution in [3.8, 4) is 5.69 Å². The van der Waals surface area contributed by atoms with E-state index in [2.05, 4.69) is 46.0 Å². The number of benzene rings is 2. The Bertz CT molecular complexity index is 919. The lowest BCUT2D eigenvalue weighted by atomic mass is 10.1. The molecule has 6 heteroatoms. The molecule has 0 unspecified atom stereocenters. The summed E-state index contributed by atoms with van der Waals surface area (Å²) in [5.74, 6) is 1.36. The summed E-state index contributed by atoms with van der Waals surface area (Å²) < 4.78 is 2.09. The predicted molar refractivity (Wildman–Crippen MR) is 114 cm³/mol. The zero-order valence-corrected chi connectivity index (χ0v) is 17.4. The highest BCUT2D eigenvalue weighted by molar-refractivity contribution is 7.99. The van der Waals surface area contributed by atoms with E-state index >= 15 is 0 Å². The van der Waals surface area contributed by atoms with Gasteiger partial charge < -0.3 is 4.90 Å². The third kappa shape index (κ3) is 4.62. The fraction of sp³-hybridized carbons (Fsp3) is 0.318. The van der Waals surface area contributed by atoms with Gasteiger partial charge in [0.15, 0.2) is 5.16 Å². The summed E-state index contributed by atoms with van der Waals surface area (Å²) in [6, 6.07) is 18.4. The molecule has 1 heterocycles. The number of para-hydroxylation sites is 1. The van der Waals surface area contributed by atoms with Gasteiger partial charge in [-0.15, -0.1) is 10.2 Å². The third-order valence-electron chi connectivity index (χ3n) is 4.70. The number of aromatic nitrogens is 3. The standard InChI is InChI=1S/C22H26N4OS/c1-4-25(5-2)21(27)16-28-22-24-23-20(15-18-12-7-6-8-13-18)26(22)19-14-10-9-11-17(19)3/h6-14H,4-5,15-16H2,1-3H3. The molecule has 28 heavy (non-hydrogen) atoms. The maximum atomic E-state index is 12.4. The number of hydrogen-bond acceptors (Lipinski definition) is 4. The molecule has 0 fully saturated rings. The van der Waals surface area contributed by atoms with Crippen LogP contribution in [0.3, 0.4) is 0 Å². The van der Waals surface area contributed by atoms with Gasteiger partial charge in [-0.1, -0.05) is 60.3 Å². The van der Waals surface area contributed by atoms with Crippen LogP contribution >= 0.6 is 11.8 Å². The van der Waals surface area contributed by atoms with Crippen LogP contribution < -0.4 is 0 Å². The maximum Gasteiger partial charge on any atom is 0.233 e. The van der Waals surface area contributed by atoms with E-state index in [0.717, 1.165) is 35.3 Å². The van der Waals surface area contributed by atoms with Crippen LogP contribution in [0.25, 0.3) is 5.69 Å². The second-order valence-corrected chi connectivity index (χ2v) is 7.48. The molecular weight excluding hydrogens is 368 g/mol. The second-order valence-electron chi connectivity index (χ2n) is 6.54. The summed E-state index contributed by atoms with van der Waals surface area (Å²) in [6.45, 7) is 7.52. The van der Waals surface area contributed by atoms with Crippen molar-refractivity contribution in [3.05, 3.63) is 71.5 Å². The van der Waals surface area contributed by atoms with E-state index in [4.69, 9.17) is 0 Å². The molecule has 0 aliphatic heterocycles. The minimum atomic E-state index is 0.124. The number of hydrogen-bond donors (Lipinski definition) is 0. The topological polar surface area (TPSA) is 51.0 Å². The predicted octanol–water partition coefficient (Wildman–Crippen LogP) is 4.13. The highest BCUT2D eigenvalue weighted by atomic mass is 32.2. The van der Waals surface area contributed by atoms with Gasteiger partial charge in [0.2, 0.25) is 5.91 Å². The van der Waals surface area contributed by atoms with Crippen LogP contribution in [0.1, 0.15) is 30.8 Å². The van der Waals surface area contributed by atoms with Crippen LogP contribution in [0.5, 0.6) is 0 Å². The Morgan fingerprint density at radius 1 is 1.00 bits per heavy atom. The van der Waals surface area contributed by atoms with Gasteiger partial charge in [0, 0.05) is 19.5 Å². The fourth-order valence-electron chi connectivity index (χ4n) is 3.14. The summed E-state index contributed by atoms with van der Waals surface area (Å²) in [6.07, 6.45) is 0.687. The largest absolute Gasteiger partial charge is 0.343 e. The van der Waals surface area contributed by atoms with Gasteiger partial charge in [0.05, 0.1) is 11.4 Å². The molecular formula is C22H26N4OS. The van der Waals surface area contributed by atoms with E-state index in [-0.39, 0.29) is 5.91 Å². The van der Waals surface area contributed by atoms with E-state index in [0.29, 0.717) is 12.2 Å². The van der Waals surface area contributed by atoms with Gasteiger partial charge in [0.1, 0.15) is 5.82 Å². The Morgan fingerprint density at radius 3 is 2.36 bits per heavy atom. The molecule has 0 spiro atoms. The van der Waals surface area contributed by atoms with Crippen LogP contribution in [0, 0.1) is 6.92 Å². The quantitative estimate of drug-likeness (QED) is 0.539. The molecule has 3 aromatic rings. The summed E-state index contributed by atoms with van der Waals surface area (Å²) >= 11 is 1.45. The summed E-state index contributed by atoms with van der Waals surface area (Å²) in [7, 11) is 0. The molecule has 0 N–H and O–H groups in total. The highest BCUT2D eigenvalue weighted by Crippen LogP contribution is 2.25. The molecule has 0 atom stereocenters. The van der Waals surface area contributed by atoms with Crippen LogP contribution in [-0.4, -0.2) is 44.4 Å². The molecule has 1 aromatic heterocycles. The Balaban J connectivity index is 1.92. The Hall–Kier alpha value is -2.60. The number of nitrogens with zero attached hydrogens (tertiary/aromatic N) is 4. The summed E-state index contributed by atoms with van der Waals surface area (Å²) in [4.78, 5) is 14.3. The van der Waals surface area contributed by atoms with Crippen molar-refractivity contribution in [1.29, 1.82) is 0 Å². The zero-order valence-electron chi connectivity index (χ0n) is 16.6. The van der Waals surface area contributed by atoms with E-state index in [1.807, 2.05) is 49.1 Å². The first-order valence-electron chi connectivity index (χ1n) is 9.58. The molecule has 1 amide bonds. The molecule has 3 rings (SSSR count). The van der Waals surface area contributed by atoms with Gasteiger partial charge in [-0.25, -0.2) is 0 Å². The minimum absolute atomic E-state index is 0.124. The maximum absolute atomic E-state index is 12.4. The lowest BCUT2D eigenvalue weighted by Gasteiger charge is -2.18. The van der Waals surface area contributed by atoms with Crippen molar-refractivity contribution in [2.45, 2.75) is 32.3 Å². The third-order valence-corrected chi connectivity index (χ3v) is 5.62. The first-order chi connectivity index (χ1) is 13.6. The molecule has 146 valence electrons. The van der Waals surface area contributed by atoms with Crippen molar-refractivity contribution in [2.75, 3.05) is 18.8 Å². The van der Waals surface area contributed by atoms with E-state index in [1.54, 1.807) is 0 Å². The molecule has 0 saturated carbocycles. The van der Waals surface area contributed by atoms with Crippen molar-refractivity contribution in [1.82, 2.24) is 19.7 Å². The van der Waals surface area contributed by atoms with Crippen LogP contribution in [0.15, 0.2) is 59.8 Å². The molecule has 5 nitrogen and oxygen atoms in total. The lowest BCUT2D eigenvalue weighted by molar-refractivity contribution is -0.127. The Kier molecular flexibility index (Phi) is 6.87. The van der Waals surface area contributed by atoms with Gasteiger partial charge in [-0.2, -0.15) is 0 Å². The number of rotatable bonds is 8. The number of thioether (sulfide) groups is 1. The normalized spacial score (nSPS) is 10.8. The number of amides is 1. The Morgan fingerprint density at radius 2 is 1.68 bits per heavy atom. The average molecular weight is 395 g/mol. The molecule has 0 saturated heterocycles. The minimum Gasteiger partial charge on any atom is -0.343 e. The van der Waals surface area contributed by atoms with Gasteiger partial charge in [0.25, 0.3) is 0 Å². The Labute approximate surface area is 170 Å². The van der Waals surface area contributed by atoms with Crippen molar-refractivity contribution < 1.29 is 4.79 Å². The lowest BCUT2D eigenvalue weighted by Crippen LogP contribution is -2.31. The van der Waals surface area contributed by atoms with Gasteiger partial charge in [-0.3, -0.25) is 9.36 Å². The zero-order chi connectivity index (χ0) is 19.9. The molecule has 0 aliphatic carbocycles. The molecule has 2 aromatic carbocycles. The highest BCUT2D eigenvalue weighted by Gasteiger charge is 2.18. The first-order valence-corrected chi connectivity index (χ1v) is 10.6.